The molecule has 1 N–H and O–H groups in total. The highest BCUT2D eigenvalue weighted by Gasteiger charge is 2.22. The van der Waals surface area contributed by atoms with Crippen molar-refractivity contribution < 1.29 is 9.32 Å². The fourth-order valence-electron chi connectivity index (χ4n) is 2.82. The van der Waals surface area contributed by atoms with Gasteiger partial charge in [0, 0.05) is 5.69 Å². The van der Waals surface area contributed by atoms with Crippen LogP contribution in [0.2, 0.25) is 0 Å². The molecule has 4 nitrogen and oxygen atoms in total. The van der Waals surface area contributed by atoms with E-state index in [1.165, 1.54) is 0 Å². The number of amides is 1. The van der Waals surface area contributed by atoms with Crippen LogP contribution in [0.4, 0.5) is 5.69 Å². The maximum Gasteiger partial charge on any atom is 0.261 e. The van der Waals surface area contributed by atoms with Gasteiger partial charge in [-0.25, -0.2) is 0 Å². The summed E-state index contributed by atoms with van der Waals surface area (Å²) in [5.74, 6) is 1.08. The van der Waals surface area contributed by atoms with E-state index in [2.05, 4.69) is 56.4 Å². The van der Waals surface area contributed by atoms with E-state index in [-0.39, 0.29) is 5.91 Å². The molecule has 0 saturated carbocycles. The number of hydrogen-bond donors (Lipinski definition) is 1. The molecule has 0 aliphatic carbocycles. The molecule has 0 fully saturated rings. The zero-order valence-electron chi connectivity index (χ0n) is 14.9. The molecule has 0 aliphatic heterocycles. The highest BCUT2D eigenvalue weighted by molar-refractivity contribution is 6.06. The molecule has 1 aromatic carbocycles. The summed E-state index contributed by atoms with van der Waals surface area (Å²) < 4.78 is 5.19. The number of aromatic nitrogens is 1. The van der Waals surface area contributed by atoms with Gasteiger partial charge in [0.2, 0.25) is 0 Å². The molecule has 1 heterocycles. The van der Waals surface area contributed by atoms with Crippen molar-refractivity contribution in [3.05, 3.63) is 46.3 Å². The molecule has 23 heavy (non-hydrogen) atoms. The number of para-hydroxylation sites is 1. The van der Waals surface area contributed by atoms with Crippen molar-refractivity contribution in [3.63, 3.8) is 0 Å². The molecule has 0 atom stereocenters. The number of aryl methyl sites for hydroxylation is 2. The molecule has 4 heteroatoms. The molecular weight excluding hydrogens is 288 g/mol. The van der Waals surface area contributed by atoms with E-state index in [1.54, 1.807) is 6.92 Å². The number of rotatable bonds is 5. The molecule has 0 spiro atoms. The van der Waals surface area contributed by atoms with Gasteiger partial charge < -0.3 is 9.84 Å². The second-order valence-corrected chi connectivity index (χ2v) is 6.49. The predicted octanol–water partition coefficient (Wildman–Crippen LogP) is 5.04. The van der Waals surface area contributed by atoms with Crippen LogP contribution in [-0.2, 0) is 6.42 Å². The van der Waals surface area contributed by atoms with Crippen molar-refractivity contribution in [2.45, 2.75) is 59.8 Å². The Hall–Kier alpha value is -2.10. The number of benzene rings is 1. The average molecular weight is 314 g/mol. The molecular formula is C19H26N2O2. The van der Waals surface area contributed by atoms with E-state index in [1.807, 2.05) is 6.92 Å². The minimum atomic E-state index is -0.143. The van der Waals surface area contributed by atoms with E-state index in [9.17, 15) is 4.79 Å². The topological polar surface area (TPSA) is 55.1 Å². The van der Waals surface area contributed by atoms with Crippen molar-refractivity contribution >= 4 is 11.6 Å². The second kappa shape index (κ2) is 6.99. The van der Waals surface area contributed by atoms with Crippen LogP contribution >= 0.6 is 0 Å². The van der Waals surface area contributed by atoms with Crippen LogP contribution in [0, 0.1) is 6.92 Å². The molecule has 0 unspecified atom stereocenters. The van der Waals surface area contributed by atoms with E-state index < -0.39 is 0 Å². The Morgan fingerprint density at radius 1 is 1.17 bits per heavy atom. The van der Waals surface area contributed by atoms with Gasteiger partial charge >= 0.3 is 0 Å². The lowest BCUT2D eigenvalue weighted by Gasteiger charge is -2.20. The van der Waals surface area contributed by atoms with E-state index in [4.69, 9.17) is 4.52 Å². The molecule has 0 radical (unpaired) electrons. The van der Waals surface area contributed by atoms with Crippen molar-refractivity contribution in [2.75, 3.05) is 5.32 Å². The van der Waals surface area contributed by atoms with Crippen LogP contribution in [0.3, 0.4) is 0 Å². The average Bonchev–Trinajstić information content (AvgIpc) is 2.87. The van der Waals surface area contributed by atoms with E-state index in [0.29, 0.717) is 35.3 Å². The summed E-state index contributed by atoms with van der Waals surface area (Å²) in [6, 6.07) is 6.21. The normalized spacial score (nSPS) is 11.3. The van der Waals surface area contributed by atoms with Crippen LogP contribution in [0.15, 0.2) is 22.7 Å². The summed E-state index contributed by atoms with van der Waals surface area (Å²) in [5, 5.41) is 7.10. The zero-order valence-corrected chi connectivity index (χ0v) is 14.9. The van der Waals surface area contributed by atoms with Crippen molar-refractivity contribution in [1.82, 2.24) is 5.16 Å². The molecule has 1 aromatic heterocycles. The van der Waals surface area contributed by atoms with Crippen LogP contribution in [0.25, 0.3) is 0 Å². The molecule has 0 aliphatic rings. The number of hydrogen-bond acceptors (Lipinski definition) is 3. The summed E-state index contributed by atoms with van der Waals surface area (Å²) in [6.45, 7) is 12.3. The van der Waals surface area contributed by atoms with Crippen molar-refractivity contribution in [2.24, 2.45) is 0 Å². The lowest BCUT2D eigenvalue weighted by Crippen LogP contribution is -2.17. The second-order valence-electron chi connectivity index (χ2n) is 6.49. The summed E-state index contributed by atoms with van der Waals surface area (Å²) >= 11 is 0. The molecule has 1 amide bonds. The minimum absolute atomic E-state index is 0.143. The lowest BCUT2D eigenvalue weighted by atomic mass is 9.92. The molecule has 0 bridgehead atoms. The van der Waals surface area contributed by atoms with Gasteiger partial charge in [0.05, 0.1) is 5.69 Å². The maximum absolute atomic E-state index is 12.8. The van der Waals surface area contributed by atoms with Crippen LogP contribution < -0.4 is 5.32 Å². The number of nitrogens with zero attached hydrogens (tertiary/aromatic N) is 1. The number of nitrogens with one attached hydrogen (secondary N) is 1. The standard InChI is InChI=1S/C19H26N2O2/c1-7-16-17(13(6)23-21-16)19(22)20-18-14(11(2)3)9-8-10-15(18)12(4)5/h8-12H,7H2,1-6H3,(H,20,22). The van der Waals surface area contributed by atoms with Crippen molar-refractivity contribution in [1.29, 1.82) is 0 Å². The highest BCUT2D eigenvalue weighted by atomic mass is 16.5. The fourth-order valence-corrected chi connectivity index (χ4v) is 2.82. The first kappa shape index (κ1) is 17.3. The van der Waals surface area contributed by atoms with Gasteiger partial charge in [-0.15, -0.1) is 0 Å². The van der Waals surface area contributed by atoms with Crippen molar-refractivity contribution in [3.8, 4) is 0 Å². The van der Waals surface area contributed by atoms with Gasteiger partial charge in [0.25, 0.3) is 5.91 Å². The van der Waals surface area contributed by atoms with Gasteiger partial charge in [0.15, 0.2) is 0 Å². The van der Waals surface area contributed by atoms with E-state index >= 15 is 0 Å². The Morgan fingerprint density at radius 3 is 2.22 bits per heavy atom. The molecule has 2 rings (SSSR count). The Bertz CT molecular complexity index is 673. The Morgan fingerprint density at radius 2 is 1.74 bits per heavy atom. The number of carbonyl (C=O) groups excluding carboxylic acids is 1. The third-order valence-electron chi connectivity index (χ3n) is 4.11. The Labute approximate surface area is 138 Å². The fraction of sp³-hybridized carbons (Fsp3) is 0.474. The zero-order chi connectivity index (χ0) is 17.1. The monoisotopic (exact) mass is 314 g/mol. The Kier molecular flexibility index (Phi) is 5.24. The smallest absolute Gasteiger partial charge is 0.261 e. The SMILES string of the molecule is CCc1noc(C)c1C(=O)Nc1c(C(C)C)cccc1C(C)C. The third kappa shape index (κ3) is 3.46. The first-order valence-corrected chi connectivity index (χ1v) is 8.26. The first-order valence-electron chi connectivity index (χ1n) is 8.26. The number of anilines is 1. The van der Waals surface area contributed by atoms with Crippen LogP contribution in [-0.4, -0.2) is 11.1 Å². The first-order chi connectivity index (χ1) is 10.9. The minimum Gasteiger partial charge on any atom is -0.361 e. The maximum atomic E-state index is 12.8. The number of carbonyl (C=O) groups is 1. The molecule has 0 saturated heterocycles. The highest BCUT2D eigenvalue weighted by Crippen LogP contribution is 2.33. The van der Waals surface area contributed by atoms with Gasteiger partial charge in [-0.05, 0) is 36.3 Å². The van der Waals surface area contributed by atoms with Gasteiger partial charge in [-0.1, -0.05) is 58.0 Å². The Balaban J connectivity index is 2.46. The summed E-state index contributed by atoms with van der Waals surface area (Å²) in [4.78, 5) is 12.8. The van der Waals surface area contributed by atoms with Gasteiger partial charge in [0.1, 0.15) is 11.3 Å². The summed E-state index contributed by atoms with van der Waals surface area (Å²) in [7, 11) is 0. The van der Waals surface area contributed by atoms with Gasteiger partial charge in [-0.2, -0.15) is 0 Å². The van der Waals surface area contributed by atoms with E-state index in [0.717, 1.165) is 16.8 Å². The predicted molar refractivity (Wildman–Crippen MR) is 93.2 cm³/mol. The molecule has 124 valence electrons. The summed E-state index contributed by atoms with van der Waals surface area (Å²) in [5.41, 5.74) is 4.48. The van der Waals surface area contributed by atoms with Crippen LogP contribution in [0.5, 0.6) is 0 Å². The largest absolute Gasteiger partial charge is 0.361 e. The quantitative estimate of drug-likeness (QED) is 0.840. The lowest BCUT2D eigenvalue weighted by molar-refractivity contribution is 0.102. The molecule has 2 aromatic rings. The summed E-state index contributed by atoms with van der Waals surface area (Å²) in [6.07, 6.45) is 0.670. The van der Waals surface area contributed by atoms with Gasteiger partial charge in [-0.3, -0.25) is 4.79 Å². The third-order valence-corrected chi connectivity index (χ3v) is 4.11. The van der Waals surface area contributed by atoms with Crippen LogP contribution in [0.1, 0.15) is 79.4 Å².